The highest BCUT2D eigenvalue weighted by molar-refractivity contribution is 5.80. The lowest BCUT2D eigenvalue weighted by molar-refractivity contribution is -0.150. The van der Waals surface area contributed by atoms with Gasteiger partial charge in [0.1, 0.15) is 17.2 Å². The number of amides is 1. The molecule has 0 saturated heterocycles. The Kier molecular flexibility index (Phi) is 7.30. The van der Waals surface area contributed by atoms with Gasteiger partial charge in [-0.2, -0.15) is 0 Å². The number of rotatable bonds is 9. The van der Waals surface area contributed by atoms with Crippen molar-refractivity contribution in [3.63, 3.8) is 0 Å². The molecule has 0 atom stereocenters. The molecule has 0 radical (unpaired) electrons. The van der Waals surface area contributed by atoms with E-state index in [1.165, 1.54) is 0 Å². The Morgan fingerprint density at radius 2 is 1.58 bits per heavy atom. The van der Waals surface area contributed by atoms with Crippen molar-refractivity contribution in [3.8, 4) is 17.2 Å². The second-order valence-corrected chi connectivity index (χ2v) is 5.25. The Morgan fingerprint density at radius 3 is 2.27 bits per heavy atom. The number of esters is 1. The van der Waals surface area contributed by atoms with Crippen LogP contribution in [0, 0.1) is 0 Å². The monoisotopic (exact) mass is 359 g/mol. The van der Waals surface area contributed by atoms with Gasteiger partial charge < -0.3 is 24.3 Å². The highest BCUT2D eigenvalue weighted by atomic mass is 16.6. The van der Waals surface area contributed by atoms with E-state index in [1.54, 1.807) is 38.5 Å². The van der Waals surface area contributed by atoms with Crippen molar-refractivity contribution in [1.82, 2.24) is 5.32 Å². The second-order valence-electron chi connectivity index (χ2n) is 5.25. The molecule has 0 aromatic heterocycles. The molecule has 1 amide bonds. The first kappa shape index (κ1) is 19.1. The molecule has 0 heterocycles. The molecule has 7 nitrogen and oxygen atoms in total. The van der Waals surface area contributed by atoms with Crippen molar-refractivity contribution < 1.29 is 28.5 Å². The first-order valence-electron chi connectivity index (χ1n) is 7.93. The molecule has 138 valence electrons. The number of nitrogens with one attached hydrogen (secondary N) is 1. The maximum absolute atomic E-state index is 11.7. The van der Waals surface area contributed by atoms with Gasteiger partial charge in [0.2, 0.25) is 0 Å². The van der Waals surface area contributed by atoms with E-state index in [0.717, 1.165) is 5.56 Å². The van der Waals surface area contributed by atoms with Crippen LogP contribution in [-0.4, -0.2) is 39.3 Å². The molecule has 7 heteroatoms. The summed E-state index contributed by atoms with van der Waals surface area (Å²) in [5, 5.41) is 2.67. The highest BCUT2D eigenvalue weighted by Gasteiger charge is 2.09. The van der Waals surface area contributed by atoms with Gasteiger partial charge in [-0.25, -0.2) is 4.79 Å². The largest absolute Gasteiger partial charge is 0.497 e. The summed E-state index contributed by atoms with van der Waals surface area (Å²) in [6.45, 7) is -0.333. The summed E-state index contributed by atoms with van der Waals surface area (Å²) in [6, 6.07) is 14.1. The van der Waals surface area contributed by atoms with E-state index in [-0.39, 0.29) is 13.2 Å². The van der Waals surface area contributed by atoms with E-state index < -0.39 is 11.9 Å². The predicted octanol–water partition coefficient (Wildman–Crippen LogP) is 1.94. The highest BCUT2D eigenvalue weighted by Crippen LogP contribution is 2.16. The molecule has 2 rings (SSSR count). The zero-order valence-corrected chi connectivity index (χ0v) is 14.7. The van der Waals surface area contributed by atoms with Gasteiger partial charge in [0.05, 0.1) is 14.2 Å². The molecule has 0 aliphatic carbocycles. The van der Waals surface area contributed by atoms with Gasteiger partial charge in [0.25, 0.3) is 5.91 Å². The summed E-state index contributed by atoms with van der Waals surface area (Å²) in [5.41, 5.74) is 0.881. The molecule has 0 fully saturated rings. The Balaban J connectivity index is 1.66. The zero-order valence-electron chi connectivity index (χ0n) is 14.7. The van der Waals surface area contributed by atoms with Crippen LogP contribution in [-0.2, 0) is 20.9 Å². The molecule has 0 bridgehead atoms. The fourth-order valence-corrected chi connectivity index (χ4v) is 2.04. The number of hydrogen-bond acceptors (Lipinski definition) is 6. The van der Waals surface area contributed by atoms with Gasteiger partial charge in [-0.05, 0) is 42.0 Å². The van der Waals surface area contributed by atoms with Crippen molar-refractivity contribution in [3.05, 3.63) is 54.1 Å². The maximum atomic E-state index is 11.7. The summed E-state index contributed by atoms with van der Waals surface area (Å²) in [5.74, 6) is 0.875. The van der Waals surface area contributed by atoms with Crippen LogP contribution in [0.15, 0.2) is 48.5 Å². The van der Waals surface area contributed by atoms with Crippen LogP contribution in [0.2, 0.25) is 0 Å². The van der Waals surface area contributed by atoms with Crippen LogP contribution in [0.5, 0.6) is 17.2 Å². The number of carbonyl (C=O) groups excluding carboxylic acids is 2. The second kappa shape index (κ2) is 9.93. The minimum Gasteiger partial charge on any atom is -0.497 e. The third-order valence-electron chi connectivity index (χ3n) is 3.40. The minimum absolute atomic E-state index is 0.282. The van der Waals surface area contributed by atoms with Crippen LogP contribution in [0.25, 0.3) is 0 Å². The van der Waals surface area contributed by atoms with Crippen molar-refractivity contribution in [2.75, 3.05) is 27.4 Å². The third kappa shape index (κ3) is 6.35. The van der Waals surface area contributed by atoms with Gasteiger partial charge in [-0.15, -0.1) is 0 Å². The van der Waals surface area contributed by atoms with Crippen molar-refractivity contribution >= 4 is 11.9 Å². The molecule has 2 aromatic carbocycles. The van der Waals surface area contributed by atoms with E-state index in [0.29, 0.717) is 23.8 Å². The molecule has 0 aliphatic rings. The number of carbonyl (C=O) groups is 2. The Bertz CT molecular complexity index is 729. The van der Waals surface area contributed by atoms with Gasteiger partial charge >= 0.3 is 5.97 Å². The van der Waals surface area contributed by atoms with E-state index >= 15 is 0 Å². The fraction of sp³-hybridized carbons (Fsp3) is 0.263. The molecule has 0 saturated carbocycles. The number of ether oxygens (including phenoxy) is 4. The van der Waals surface area contributed by atoms with Crippen LogP contribution in [0.3, 0.4) is 0 Å². The van der Waals surface area contributed by atoms with Crippen LogP contribution in [0.1, 0.15) is 5.56 Å². The molecule has 2 aromatic rings. The first-order valence-corrected chi connectivity index (χ1v) is 7.93. The average Bonchev–Trinajstić information content (AvgIpc) is 2.69. The summed E-state index contributed by atoms with van der Waals surface area (Å²) in [7, 11) is 3.14. The lowest BCUT2D eigenvalue weighted by atomic mass is 10.2. The molecule has 0 spiro atoms. The van der Waals surface area contributed by atoms with Gasteiger partial charge in [0, 0.05) is 6.54 Å². The molecule has 0 aliphatic heterocycles. The van der Waals surface area contributed by atoms with Crippen molar-refractivity contribution in [2.24, 2.45) is 0 Å². The van der Waals surface area contributed by atoms with Crippen LogP contribution in [0.4, 0.5) is 0 Å². The topological polar surface area (TPSA) is 83.1 Å². The lowest BCUT2D eigenvalue weighted by Crippen LogP contribution is -2.29. The Labute approximate surface area is 151 Å². The smallest absolute Gasteiger partial charge is 0.344 e. The maximum Gasteiger partial charge on any atom is 0.344 e. The summed E-state index contributed by atoms with van der Waals surface area (Å²) >= 11 is 0. The predicted molar refractivity (Wildman–Crippen MR) is 94.3 cm³/mol. The number of benzene rings is 2. The Hall–Kier alpha value is -3.22. The molecular weight excluding hydrogens is 338 g/mol. The molecule has 26 heavy (non-hydrogen) atoms. The van der Waals surface area contributed by atoms with E-state index in [1.807, 2.05) is 24.3 Å². The third-order valence-corrected chi connectivity index (χ3v) is 3.40. The van der Waals surface area contributed by atoms with Gasteiger partial charge in [0.15, 0.2) is 13.2 Å². The van der Waals surface area contributed by atoms with Gasteiger partial charge in [-0.1, -0.05) is 12.1 Å². The standard InChI is InChI=1S/C19H21NO6/c1-23-15-6-8-16(9-7-15)25-13-19(22)26-12-18(21)20-11-14-4-3-5-17(10-14)24-2/h3-10H,11-13H2,1-2H3,(H,20,21). The summed E-state index contributed by atoms with van der Waals surface area (Å²) in [6.07, 6.45) is 0. The fourth-order valence-electron chi connectivity index (χ4n) is 2.04. The summed E-state index contributed by atoms with van der Waals surface area (Å²) < 4.78 is 20.3. The van der Waals surface area contributed by atoms with E-state index in [4.69, 9.17) is 18.9 Å². The minimum atomic E-state index is -0.627. The zero-order chi connectivity index (χ0) is 18.8. The first-order chi connectivity index (χ1) is 12.6. The van der Waals surface area contributed by atoms with Crippen LogP contribution >= 0.6 is 0 Å². The lowest BCUT2D eigenvalue weighted by Gasteiger charge is -2.09. The van der Waals surface area contributed by atoms with E-state index in [9.17, 15) is 9.59 Å². The average molecular weight is 359 g/mol. The normalized spacial score (nSPS) is 9.92. The van der Waals surface area contributed by atoms with Crippen LogP contribution < -0.4 is 19.5 Å². The molecular formula is C19H21NO6. The van der Waals surface area contributed by atoms with Crippen molar-refractivity contribution in [2.45, 2.75) is 6.54 Å². The number of hydrogen-bond donors (Lipinski definition) is 1. The molecule has 0 unspecified atom stereocenters. The van der Waals surface area contributed by atoms with Crippen molar-refractivity contribution in [1.29, 1.82) is 0 Å². The summed E-state index contributed by atoms with van der Waals surface area (Å²) in [4.78, 5) is 23.4. The van der Waals surface area contributed by atoms with Gasteiger partial charge in [-0.3, -0.25) is 4.79 Å². The number of methoxy groups -OCH3 is 2. The Morgan fingerprint density at radius 1 is 0.885 bits per heavy atom. The quantitative estimate of drug-likeness (QED) is 0.689. The van der Waals surface area contributed by atoms with E-state index in [2.05, 4.69) is 5.32 Å². The molecule has 1 N–H and O–H groups in total. The SMILES string of the molecule is COc1ccc(OCC(=O)OCC(=O)NCc2cccc(OC)c2)cc1.